The van der Waals surface area contributed by atoms with Crippen LogP contribution in [-0.4, -0.2) is 23.3 Å². The van der Waals surface area contributed by atoms with Crippen LogP contribution in [0.15, 0.2) is 0 Å². The van der Waals surface area contributed by atoms with Crippen LogP contribution >= 0.6 is 0 Å². The summed E-state index contributed by atoms with van der Waals surface area (Å²) < 4.78 is 0. The van der Waals surface area contributed by atoms with Crippen LogP contribution in [-0.2, 0) is 24.3 Å². The zero-order chi connectivity index (χ0) is 16.9. The maximum atomic E-state index is 10.3. The molecule has 0 saturated heterocycles. The van der Waals surface area contributed by atoms with Crippen LogP contribution in [0.4, 0.5) is 0 Å². The molecule has 0 aromatic carbocycles. The fraction of sp³-hybridized carbons (Fsp3) is 0.947. The van der Waals surface area contributed by atoms with E-state index in [2.05, 4.69) is 6.92 Å². The zero-order valence-corrected chi connectivity index (χ0v) is 18.8. The van der Waals surface area contributed by atoms with Crippen LogP contribution < -0.4 is 0 Å². The molecular formula is C19H40O3Zn. The number of aliphatic hydroxyl groups is 1. The van der Waals surface area contributed by atoms with E-state index in [-0.39, 0.29) is 19.5 Å². The van der Waals surface area contributed by atoms with E-state index >= 15 is 0 Å². The number of carboxylic acids is 1. The molecule has 0 aliphatic carbocycles. The Bertz CT molecular complexity index is 211. The summed E-state index contributed by atoms with van der Waals surface area (Å²) in [6.45, 7) is 2.27. The summed E-state index contributed by atoms with van der Waals surface area (Å²) in [4.78, 5) is 10.3. The van der Waals surface area contributed by atoms with Gasteiger partial charge >= 0.3 is 5.97 Å². The molecular weight excluding hydrogens is 342 g/mol. The second kappa shape index (κ2) is 26.9. The van der Waals surface area contributed by atoms with Gasteiger partial charge in [-0.05, 0) is 6.42 Å². The molecule has 2 N–H and O–H groups in total. The van der Waals surface area contributed by atoms with Crippen molar-refractivity contribution in [3.05, 3.63) is 0 Å². The van der Waals surface area contributed by atoms with Gasteiger partial charge in [0.05, 0.1) is 0 Å². The minimum absolute atomic E-state index is 0. The molecule has 23 heavy (non-hydrogen) atoms. The SMILES string of the molecule is CCCCCCCCCCCCCCCCCC(=O)O.CO.[Zn]. The molecule has 0 rings (SSSR count). The second-order valence-corrected chi connectivity index (χ2v) is 6.09. The van der Waals surface area contributed by atoms with Crippen LogP contribution in [0.5, 0.6) is 0 Å². The molecule has 0 unspecified atom stereocenters. The fourth-order valence-electron chi connectivity index (χ4n) is 2.65. The average molecular weight is 382 g/mol. The number of hydrogen-bond acceptors (Lipinski definition) is 2. The normalized spacial score (nSPS) is 9.70. The Kier molecular flexibility index (Phi) is 32.6. The minimum Gasteiger partial charge on any atom is -0.481 e. The summed E-state index contributed by atoms with van der Waals surface area (Å²) in [5, 5.41) is 15.5. The van der Waals surface area contributed by atoms with E-state index in [1.807, 2.05) is 0 Å². The minimum atomic E-state index is -0.653. The Morgan fingerprint density at radius 1 is 0.609 bits per heavy atom. The number of hydrogen-bond donors (Lipinski definition) is 2. The summed E-state index contributed by atoms with van der Waals surface area (Å²) in [5.41, 5.74) is 0. The van der Waals surface area contributed by atoms with Crippen molar-refractivity contribution in [2.75, 3.05) is 7.11 Å². The Labute approximate surface area is 157 Å². The van der Waals surface area contributed by atoms with Gasteiger partial charge in [0.15, 0.2) is 0 Å². The molecule has 0 bridgehead atoms. The third-order valence-corrected chi connectivity index (χ3v) is 3.99. The van der Waals surface area contributed by atoms with Crippen LogP contribution in [0, 0.1) is 0 Å². The van der Waals surface area contributed by atoms with E-state index in [4.69, 9.17) is 10.2 Å². The van der Waals surface area contributed by atoms with E-state index < -0.39 is 5.97 Å². The average Bonchev–Trinajstić information content (AvgIpc) is 2.53. The zero-order valence-electron chi connectivity index (χ0n) is 15.8. The van der Waals surface area contributed by atoms with Gasteiger partial charge in [-0.15, -0.1) is 0 Å². The molecule has 4 heteroatoms. The number of carboxylic acid groups (broad SMARTS) is 1. The molecule has 0 aliphatic heterocycles. The van der Waals surface area contributed by atoms with E-state index in [1.165, 1.54) is 83.5 Å². The Balaban J connectivity index is -0.00000128. The summed E-state index contributed by atoms with van der Waals surface area (Å²) in [5.74, 6) is -0.653. The summed E-state index contributed by atoms with van der Waals surface area (Å²) >= 11 is 0. The van der Waals surface area contributed by atoms with Crippen molar-refractivity contribution in [1.29, 1.82) is 0 Å². The van der Waals surface area contributed by atoms with E-state index in [9.17, 15) is 4.79 Å². The maximum Gasteiger partial charge on any atom is 0.303 e. The van der Waals surface area contributed by atoms with Crippen LogP contribution in [0.2, 0.25) is 0 Å². The fourth-order valence-corrected chi connectivity index (χ4v) is 2.65. The number of aliphatic hydroxyl groups excluding tert-OH is 1. The van der Waals surface area contributed by atoms with E-state index in [1.54, 1.807) is 0 Å². The molecule has 0 aromatic rings. The van der Waals surface area contributed by atoms with E-state index in [0.29, 0.717) is 6.42 Å². The van der Waals surface area contributed by atoms with Crippen LogP contribution in [0.3, 0.4) is 0 Å². The monoisotopic (exact) mass is 380 g/mol. The van der Waals surface area contributed by atoms with Gasteiger partial charge in [0.1, 0.15) is 0 Å². The predicted molar refractivity (Wildman–Crippen MR) is 95.3 cm³/mol. The van der Waals surface area contributed by atoms with Crippen molar-refractivity contribution in [3.8, 4) is 0 Å². The van der Waals surface area contributed by atoms with Crippen molar-refractivity contribution < 1.29 is 34.5 Å². The molecule has 0 spiro atoms. The largest absolute Gasteiger partial charge is 0.481 e. The number of unbranched alkanes of at least 4 members (excludes halogenated alkanes) is 14. The number of carbonyl (C=O) groups is 1. The third-order valence-electron chi connectivity index (χ3n) is 3.99. The molecule has 0 radical (unpaired) electrons. The quantitative estimate of drug-likeness (QED) is 0.257. The third kappa shape index (κ3) is 30.5. The molecule has 0 heterocycles. The number of rotatable bonds is 16. The predicted octanol–water partition coefficient (Wildman–Crippen LogP) is 5.94. The van der Waals surface area contributed by atoms with Gasteiger partial charge in [0.25, 0.3) is 0 Å². The van der Waals surface area contributed by atoms with Crippen molar-refractivity contribution in [2.45, 2.75) is 110 Å². The van der Waals surface area contributed by atoms with Gasteiger partial charge in [-0.25, -0.2) is 0 Å². The Morgan fingerprint density at radius 3 is 1.13 bits per heavy atom. The molecule has 0 amide bonds. The van der Waals surface area contributed by atoms with Gasteiger partial charge < -0.3 is 10.2 Å². The molecule has 0 atom stereocenters. The van der Waals surface area contributed by atoms with Gasteiger partial charge in [-0.3, -0.25) is 4.79 Å². The molecule has 0 saturated carbocycles. The Hall–Kier alpha value is 0.0534. The Morgan fingerprint density at radius 2 is 0.870 bits per heavy atom. The summed E-state index contributed by atoms with van der Waals surface area (Å²) in [7, 11) is 1.00. The molecule has 0 aliphatic rings. The second-order valence-electron chi connectivity index (χ2n) is 6.09. The molecule has 136 valence electrons. The van der Waals surface area contributed by atoms with Gasteiger partial charge in [0.2, 0.25) is 0 Å². The maximum absolute atomic E-state index is 10.3. The van der Waals surface area contributed by atoms with Crippen molar-refractivity contribution >= 4 is 5.97 Å². The van der Waals surface area contributed by atoms with Crippen LogP contribution in [0.25, 0.3) is 0 Å². The standard InChI is InChI=1S/C18H36O2.CH4O.Zn/c1-2-3-4-5-6-7-8-9-10-11-12-13-14-15-16-17-18(19)20;1-2;/h2-17H2,1H3,(H,19,20);2H,1H3;. The molecule has 0 fully saturated rings. The summed E-state index contributed by atoms with van der Waals surface area (Å²) in [6.07, 6.45) is 20.2. The van der Waals surface area contributed by atoms with Crippen molar-refractivity contribution in [3.63, 3.8) is 0 Å². The number of aliphatic carboxylic acids is 1. The summed E-state index contributed by atoms with van der Waals surface area (Å²) in [6, 6.07) is 0. The first-order chi connectivity index (χ1) is 10.8. The topological polar surface area (TPSA) is 57.5 Å². The van der Waals surface area contributed by atoms with E-state index in [0.717, 1.165) is 20.0 Å². The first kappa shape index (κ1) is 27.9. The van der Waals surface area contributed by atoms with Crippen molar-refractivity contribution in [2.24, 2.45) is 0 Å². The molecule has 3 nitrogen and oxygen atoms in total. The van der Waals surface area contributed by atoms with Gasteiger partial charge in [-0.1, -0.05) is 96.8 Å². The van der Waals surface area contributed by atoms with Gasteiger partial charge in [0, 0.05) is 33.0 Å². The first-order valence-electron chi connectivity index (χ1n) is 9.44. The first-order valence-corrected chi connectivity index (χ1v) is 9.44. The van der Waals surface area contributed by atoms with Crippen molar-refractivity contribution in [1.82, 2.24) is 0 Å². The molecule has 0 aromatic heterocycles. The smallest absolute Gasteiger partial charge is 0.303 e. The van der Waals surface area contributed by atoms with Crippen LogP contribution in [0.1, 0.15) is 110 Å². The van der Waals surface area contributed by atoms with Gasteiger partial charge in [-0.2, -0.15) is 0 Å².